The number of hydrogen-bond acceptors (Lipinski definition) is 3. The molecule has 9 heteroatoms. The van der Waals surface area contributed by atoms with Crippen molar-refractivity contribution in [3.05, 3.63) is 57.3 Å². The predicted molar refractivity (Wildman–Crippen MR) is 83.9 cm³/mol. The van der Waals surface area contributed by atoms with E-state index in [0.29, 0.717) is 11.1 Å². The van der Waals surface area contributed by atoms with E-state index < -0.39 is 23.4 Å². The molecule has 126 valence electrons. The van der Waals surface area contributed by atoms with Crippen molar-refractivity contribution in [2.24, 2.45) is 0 Å². The van der Waals surface area contributed by atoms with Crippen LogP contribution in [0.25, 0.3) is 16.2 Å². The second-order valence-electron chi connectivity index (χ2n) is 5.65. The van der Waals surface area contributed by atoms with Crippen LogP contribution in [0.4, 0.5) is 13.2 Å². The Morgan fingerprint density at radius 2 is 1.81 bits per heavy atom. The normalized spacial score (nSPS) is 17.4. The Morgan fingerprint density at radius 3 is 2.38 bits per heavy atom. The molecule has 0 bridgehead atoms. The first-order chi connectivity index (χ1) is 11.8. The van der Waals surface area contributed by atoms with Crippen molar-refractivity contribution in [1.82, 2.24) is 10.2 Å². The van der Waals surface area contributed by atoms with E-state index in [1.54, 1.807) is 31.2 Å². The average Bonchev–Trinajstić information content (AvgIpc) is 2.93. The smallest absolute Gasteiger partial charge is 0.656 e. The van der Waals surface area contributed by atoms with Crippen molar-refractivity contribution in [1.29, 1.82) is 10.5 Å². The van der Waals surface area contributed by atoms with Gasteiger partial charge in [-0.3, -0.25) is 5.10 Å². The molecule has 1 aromatic heterocycles. The minimum atomic E-state index is -4.78. The maximum Gasteiger partial charge on any atom is 1.00 e. The van der Waals surface area contributed by atoms with Gasteiger partial charge in [0.25, 0.3) is 0 Å². The standard InChI is InChI=1S/C17H11F3N5.Na/c1-8-12(6-21)15(13(7-22)16(23-8)17(18,19)20)10-3-4-14-11(5-10)9(2)24-25-14;/h3-5,15H,1-2H3,(H,24,25);/q-1;+1/t15-;/m0./s1. The van der Waals surface area contributed by atoms with E-state index in [1.165, 1.54) is 6.92 Å². The van der Waals surface area contributed by atoms with Crippen LogP contribution in [0.2, 0.25) is 0 Å². The third kappa shape index (κ3) is 3.24. The second kappa shape index (κ2) is 7.16. The number of aromatic nitrogens is 2. The summed E-state index contributed by atoms with van der Waals surface area (Å²) in [5.74, 6) is -1.11. The first-order valence-corrected chi connectivity index (χ1v) is 7.26. The number of allylic oxidation sites excluding steroid dienone is 4. The van der Waals surface area contributed by atoms with E-state index in [-0.39, 0.29) is 40.8 Å². The number of rotatable bonds is 1. The summed E-state index contributed by atoms with van der Waals surface area (Å²) < 4.78 is 39.9. The van der Waals surface area contributed by atoms with E-state index in [2.05, 4.69) is 15.5 Å². The molecular formula is C17H11F3N5Na. The number of fused-ring (bicyclic) bond motifs is 1. The summed E-state index contributed by atoms with van der Waals surface area (Å²) in [6.45, 7) is 3.12. The quantitative estimate of drug-likeness (QED) is 0.777. The molecule has 3 rings (SSSR count). The van der Waals surface area contributed by atoms with E-state index in [0.717, 1.165) is 11.1 Å². The first-order valence-electron chi connectivity index (χ1n) is 7.26. The number of nitriles is 2. The van der Waals surface area contributed by atoms with E-state index in [4.69, 9.17) is 0 Å². The maximum absolute atomic E-state index is 13.3. The molecule has 0 spiro atoms. The number of aryl methyl sites for hydroxylation is 1. The molecule has 1 aliphatic rings. The number of hydrogen-bond donors (Lipinski definition) is 1. The Kier molecular flexibility index (Phi) is 5.52. The third-order valence-electron chi connectivity index (χ3n) is 4.11. The van der Waals surface area contributed by atoms with Crippen molar-refractivity contribution < 1.29 is 42.7 Å². The van der Waals surface area contributed by atoms with Gasteiger partial charge in [0.05, 0.1) is 23.6 Å². The van der Waals surface area contributed by atoms with Crippen molar-refractivity contribution in [2.45, 2.75) is 25.9 Å². The van der Waals surface area contributed by atoms with Crippen LogP contribution in [-0.2, 0) is 0 Å². The molecule has 0 radical (unpaired) electrons. The summed E-state index contributed by atoms with van der Waals surface area (Å²) in [5, 5.41) is 29.9. The SMILES string of the molecule is CC1=C(C#N)[C@H](c2ccc3n[nH]c(C)c3c2)C(C#N)=C(C(F)(F)F)[N-]1.[Na+]. The molecule has 0 saturated carbocycles. The molecule has 0 amide bonds. The number of alkyl halides is 3. The molecular weight excluding hydrogens is 354 g/mol. The van der Waals surface area contributed by atoms with E-state index in [1.807, 2.05) is 6.07 Å². The fraction of sp³-hybridized carbons (Fsp3) is 0.235. The molecule has 1 aromatic carbocycles. The topological polar surface area (TPSA) is 90.4 Å². The minimum Gasteiger partial charge on any atom is -0.656 e. The zero-order valence-electron chi connectivity index (χ0n) is 14.2. The Balaban J connectivity index is 0.00000243. The van der Waals surface area contributed by atoms with E-state index >= 15 is 0 Å². The van der Waals surface area contributed by atoms with Crippen LogP contribution in [0.5, 0.6) is 0 Å². The molecule has 1 N–H and O–H groups in total. The summed E-state index contributed by atoms with van der Waals surface area (Å²) in [5.41, 5.74) is -0.0146. The number of nitrogens with zero attached hydrogens (tertiary/aromatic N) is 4. The van der Waals surface area contributed by atoms with Crippen LogP contribution in [0.3, 0.4) is 0 Å². The van der Waals surface area contributed by atoms with Gasteiger partial charge in [0.15, 0.2) is 0 Å². The van der Waals surface area contributed by atoms with Crippen LogP contribution < -0.4 is 29.6 Å². The second-order valence-corrected chi connectivity index (χ2v) is 5.65. The molecule has 1 aliphatic heterocycles. The summed E-state index contributed by atoms with van der Waals surface area (Å²) in [4.78, 5) is 0. The fourth-order valence-electron chi connectivity index (χ4n) is 2.93. The van der Waals surface area contributed by atoms with Gasteiger partial charge < -0.3 is 5.32 Å². The van der Waals surface area contributed by atoms with Gasteiger partial charge in [-0.25, -0.2) is 0 Å². The van der Waals surface area contributed by atoms with Crippen LogP contribution in [0.15, 0.2) is 40.7 Å². The summed E-state index contributed by atoms with van der Waals surface area (Å²) in [7, 11) is 0. The van der Waals surface area contributed by atoms with Gasteiger partial charge >= 0.3 is 35.7 Å². The van der Waals surface area contributed by atoms with Crippen LogP contribution in [-0.4, -0.2) is 16.4 Å². The van der Waals surface area contributed by atoms with Crippen LogP contribution >= 0.6 is 0 Å². The van der Waals surface area contributed by atoms with Gasteiger partial charge in [0.2, 0.25) is 0 Å². The predicted octanol–water partition coefficient (Wildman–Crippen LogP) is 1.48. The van der Waals surface area contributed by atoms with Crippen molar-refractivity contribution in [2.75, 3.05) is 0 Å². The van der Waals surface area contributed by atoms with Gasteiger partial charge in [-0.2, -0.15) is 28.8 Å². The Bertz CT molecular complexity index is 1020. The number of H-pyrrole nitrogens is 1. The molecule has 0 saturated heterocycles. The molecule has 1 atom stereocenters. The zero-order valence-corrected chi connectivity index (χ0v) is 16.2. The monoisotopic (exact) mass is 365 g/mol. The molecule has 5 nitrogen and oxygen atoms in total. The molecule has 2 heterocycles. The fourth-order valence-corrected chi connectivity index (χ4v) is 2.93. The summed E-state index contributed by atoms with van der Waals surface area (Å²) >= 11 is 0. The summed E-state index contributed by atoms with van der Waals surface area (Å²) in [6.07, 6.45) is -4.78. The van der Waals surface area contributed by atoms with Gasteiger partial charge in [0, 0.05) is 22.2 Å². The number of halogens is 3. The maximum atomic E-state index is 13.3. The Labute approximate surface area is 169 Å². The third-order valence-corrected chi connectivity index (χ3v) is 4.11. The van der Waals surface area contributed by atoms with Crippen molar-refractivity contribution >= 4 is 10.9 Å². The summed E-state index contributed by atoms with van der Waals surface area (Å²) in [6, 6.07) is 8.39. The van der Waals surface area contributed by atoms with Crippen LogP contribution in [0, 0.1) is 29.6 Å². The van der Waals surface area contributed by atoms with Gasteiger partial charge in [-0.1, -0.05) is 13.0 Å². The van der Waals surface area contributed by atoms with E-state index in [9.17, 15) is 23.7 Å². The number of benzene rings is 1. The Hall–Kier alpha value is -2.26. The zero-order chi connectivity index (χ0) is 18.4. The van der Waals surface area contributed by atoms with Gasteiger partial charge in [-0.15, -0.1) is 5.70 Å². The Morgan fingerprint density at radius 1 is 1.15 bits per heavy atom. The van der Waals surface area contributed by atoms with Crippen molar-refractivity contribution in [3.8, 4) is 12.1 Å². The molecule has 0 aliphatic carbocycles. The minimum absolute atomic E-state index is 0. The number of aromatic amines is 1. The molecule has 26 heavy (non-hydrogen) atoms. The van der Waals surface area contributed by atoms with Gasteiger partial charge in [0.1, 0.15) is 0 Å². The molecule has 2 aromatic rings. The average molecular weight is 365 g/mol. The molecule has 0 unspecified atom stereocenters. The largest absolute Gasteiger partial charge is 1.00 e. The van der Waals surface area contributed by atoms with Crippen molar-refractivity contribution in [3.63, 3.8) is 0 Å². The van der Waals surface area contributed by atoms with Gasteiger partial charge in [-0.05, 0) is 30.3 Å². The number of nitrogens with one attached hydrogen (secondary N) is 1. The first kappa shape index (κ1) is 20.1. The molecule has 0 fully saturated rings. The van der Waals surface area contributed by atoms with Crippen LogP contribution in [0.1, 0.15) is 24.1 Å².